The highest BCUT2D eigenvalue weighted by Crippen LogP contribution is 2.47. The number of aliphatic hydroxyl groups is 1. The van der Waals surface area contributed by atoms with E-state index in [1.807, 2.05) is 0 Å². The maximum atomic E-state index is 14.1. The number of alkyl halides is 3. The number of carbonyl (C=O) groups excluding carboxylic acids is 1. The Kier molecular flexibility index (Phi) is 7.05. The zero-order valence-electron chi connectivity index (χ0n) is 19.6. The molecular formula is C24H24ClF3N4O4. The molecule has 2 heterocycles. The first-order chi connectivity index (χ1) is 17.0. The summed E-state index contributed by atoms with van der Waals surface area (Å²) in [4.78, 5) is 12.9. The first kappa shape index (κ1) is 25.6. The highest BCUT2D eigenvalue weighted by Gasteiger charge is 2.48. The van der Waals surface area contributed by atoms with Gasteiger partial charge in [0.2, 0.25) is 0 Å². The summed E-state index contributed by atoms with van der Waals surface area (Å²) in [5.74, 6) is -0.0723. The predicted octanol–water partition coefficient (Wildman–Crippen LogP) is 5.52. The Morgan fingerprint density at radius 3 is 2.44 bits per heavy atom. The maximum Gasteiger partial charge on any atom is 0.410 e. The van der Waals surface area contributed by atoms with Gasteiger partial charge in [-0.15, -0.1) is 0 Å². The number of benzene rings is 2. The zero-order chi connectivity index (χ0) is 26.2. The number of aliphatic hydroxyl groups excluding tert-OH is 1. The number of ether oxygens (including phenoxy) is 2. The molecule has 0 fully saturated rings. The molecule has 1 amide bonds. The van der Waals surface area contributed by atoms with Gasteiger partial charge in [-0.2, -0.15) is 18.3 Å². The van der Waals surface area contributed by atoms with Gasteiger partial charge in [-0.3, -0.25) is 4.79 Å². The van der Waals surface area contributed by atoms with E-state index in [-0.39, 0.29) is 23.0 Å². The van der Waals surface area contributed by atoms with Crippen molar-refractivity contribution in [2.24, 2.45) is 0 Å². The number of rotatable bonds is 6. The summed E-state index contributed by atoms with van der Waals surface area (Å²) in [6.45, 7) is 1.60. The van der Waals surface area contributed by atoms with Gasteiger partial charge in [-0.05, 0) is 42.3 Å². The molecule has 1 aliphatic heterocycles. The number of halogens is 4. The van der Waals surface area contributed by atoms with Crippen LogP contribution < -0.4 is 20.1 Å². The zero-order valence-corrected chi connectivity index (χ0v) is 20.3. The molecule has 1 aliphatic rings. The second-order valence-corrected chi connectivity index (χ2v) is 8.69. The molecule has 36 heavy (non-hydrogen) atoms. The van der Waals surface area contributed by atoms with Gasteiger partial charge in [0.15, 0.2) is 23.2 Å². The summed E-state index contributed by atoms with van der Waals surface area (Å²) in [6.07, 6.45) is -5.72. The number of carbonyl (C=O) groups is 1. The van der Waals surface area contributed by atoms with Crippen molar-refractivity contribution in [1.29, 1.82) is 0 Å². The molecule has 0 bridgehead atoms. The monoisotopic (exact) mass is 524 g/mol. The molecule has 2 aromatic carbocycles. The van der Waals surface area contributed by atoms with Gasteiger partial charge >= 0.3 is 6.18 Å². The van der Waals surface area contributed by atoms with Crippen LogP contribution in [0.1, 0.15) is 53.1 Å². The topological polar surface area (TPSA) is 97.6 Å². The largest absolute Gasteiger partial charge is 0.493 e. The number of nitrogens with one attached hydrogen (secondary N) is 2. The van der Waals surface area contributed by atoms with E-state index in [1.54, 1.807) is 49.4 Å². The van der Waals surface area contributed by atoms with E-state index in [0.717, 1.165) is 0 Å². The number of hydrogen-bond acceptors (Lipinski definition) is 6. The van der Waals surface area contributed by atoms with Crippen molar-refractivity contribution in [3.05, 3.63) is 64.3 Å². The van der Waals surface area contributed by atoms with Crippen molar-refractivity contribution in [2.75, 3.05) is 24.9 Å². The van der Waals surface area contributed by atoms with Crippen molar-refractivity contribution >= 4 is 29.0 Å². The van der Waals surface area contributed by atoms with Crippen LogP contribution in [0.2, 0.25) is 5.02 Å². The average Bonchev–Trinajstić information content (AvgIpc) is 3.19. The highest BCUT2D eigenvalue weighted by molar-refractivity contribution is 6.36. The second-order valence-electron chi connectivity index (χ2n) is 8.31. The van der Waals surface area contributed by atoms with Crippen LogP contribution in [0.15, 0.2) is 42.5 Å². The summed E-state index contributed by atoms with van der Waals surface area (Å²) >= 11 is 6.39. The van der Waals surface area contributed by atoms with Crippen LogP contribution in [0.5, 0.6) is 11.5 Å². The van der Waals surface area contributed by atoms with Crippen molar-refractivity contribution < 1.29 is 32.5 Å². The Morgan fingerprint density at radius 1 is 1.19 bits per heavy atom. The Hall–Kier alpha value is -3.44. The van der Waals surface area contributed by atoms with Crippen LogP contribution in [0.3, 0.4) is 0 Å². The fourth-order valence-corrected chi connectivity index (χ4v) is 4.32. The summed E-state index contributed by atoms with van der Waals surface area (Å²) < 4.78 is 53.4. The van der Waals surface area contributed by atoms with Crippen LogP contribution >= 0.6 is 11.6 Å². The molecule has 0 radical (unpaired) electrons. The second kappa shape index (κ2) is 9.90. The molecule has 3 atom stereocenters. The lowest BCUT2D eigenvalue weighted by molar-refractivity contribution is -0.173. The van der Waals surface area contributed by atoms with Gasteiger partial charge in [-0.25, -0.2) is 4.68 Å². The lowest BCUT2D eigenvalue weighted by atomic mass is 9.96. The minimum Gasteiger partial charge on any atom is -0.493 e. The Balaban J connectivity index is 1.66. The van der Waals surface area contributed by atoms with Crippen LogP contribution in [0, 0.1) is 0 Å². The fraction of sp³-hybridized carbons (Fsp3) is 0.333. The summed E-state index contributed by atoms with van der Waals surface area (Å²) in [5.41, 5.74) is 1.19. The summed E-state index contributed by atoms with van der Waals surface area (Å²) in [7, 11) is 2.89. The Labute approximate surface area is 210 Å². The minimum absolute atomic E-state index is 0.111. The molecule has 8 nitrogen and oxygen atoms in total. The van der Waals surface area contributed by atoms with Crippen molar-refractivity contribution in [1.82, 2.24) is 9.78 Å². The van der Waals surface area contributed by atoms with E-state index in [9.17, 15) is 23.1 Å². The van der Waals surface area contributed by atoms with Crippen molar-refractivity contribution in [2.45, 2.75) is 37.7 Å². The number of hydrogen-bond donors (Lipinski definition) is 3. The van der Waals surface area contributed by atoms with E-state index >= 15 is 0 Å². The third kappa shape index (κ3) is 4.93. The number of nitrogens with zero attached hydrogens (tertiary/aromatic N) is 2. The SMILES string of the molecule is COc1ccc([C@@H]2C[C@@H](C(F)(F)F)n3nc(C(=O)Nc4ccc([C@H](C)O)cc4)c(Cl)c3N2)cc1OC. The molecule has 192 valence electrons. The highest BCUT2D eigenvalue weighted by atomic mass is 35.5. The summed E-state index contributed by atoms with van der Waals surface area (Å²) in [5, 5.41) is 18.9. The first-order valence-corrected chi connectivity index (χ1v) is 11.3. The van der Waals surface area contributed by atoms with Crippen LogP contribution in [0.25, 0.3) is 0 Å². The Morgan fingerprint density at radius 2 is 1.86 bits per heavy atom. The smallest absolute Gasteiger partial charge is 0.410 e. The normalized spacial score (nSPS) is 18.1. The van der Waals surface area contributed by atoms with Crippen LogP contribution in [0.4, 0.5) is 24.7 Å². The molecule has 4 rings (SSSR count). The van der Waals surface area contributed by atoms with E-state index in [4.69, 9.17) is 21.1 Å². The molecule has 12 heteroatoms. The minimum atomic E-state index is -4.65. The Bertz CT molecular complexity index is 1260. The molecular weight excluding hydrogens is 501 g/mol. The molecule has 1 aromatic heterocycles. The lowest BCUT2D eigenvalue weighted by Gasteiger charge is -2.33. The molecule has 3 aromatic rings. The molecule has 3 N–H and O–H groups in total. The molecule has 0 unspecified atom stereocenters. The van der Waals surface area contributed by atoms with Crippen molar-refractivity contribution in [3.63, 3.8) is 0 Å². The van der Waals surface area contributed by atoms with Gasteiger partial charge in [0.05, 0.1) is 26.4 Å². The third-order valence-electron chi connectivity index (χ3n) is 5.97. The van der Waals surface area contributed by atoms with Crippen molar-refractivity contribution in [3.8, 4) is 11.5 Å². The van der Waals surface area contributed by atoms with Gasteiger partial charge in [0, 0.05) is 12.1 Å². The maximum absolute atomic E-state index is 14.1. The van der Waals surface area contributed by atoms with E-state index < -0.39 is 30.3 Å². The van der Waals surface area contributed by atoms with Crippen LogP contribution in [-0.2, 0) is 0 Å². The molecule has 0 saturated carbocycles. The lowest BCUT2D eigenvalue weighted by Crippen LogP contribution is -2.35. The number of amides is 1. The van der Waals surface area contributed by atoms with Gasteiger partial charge in [0.25, 0.3) is 5.91 Å². The average molecular weight is 525 g/mol. The molecule has 0 aliphatic carbocycles. The van der Waals surface area contributed by atoms with Gasteiger partial charge in [-0.1, -0.05) is 29.8 Å². The number of aromatic nitrogens is 2. The van der Waals surface area contributed by atoms with Gasteiger partial charge < -0.3 is 25.2 Å². The first-order valence-electron chi connectivity index (χ1n) is 11.0. The predicted molar refractivity (Wildman–Crippen MR) is 128 cm³/mol. The van der Waals surface area contributed by atoms with Gasteiger partial charge in [0.1, 0.15) is 10.8 Å². The fourth-order valence-electron chi connectivity index (χ4n) is 4.06. The van der Waals surface area contributed by atoms with E-state index in [0.29, 0.717) is 33.0 Å². The standard InChI is InChI=1S/C24H24ClF3N4O4/c1-12(33)13-4-7-15(8-5-13)29-23(34)21-20(25)22-30-16(11-19(24(26,27)28)32(22)31-21)14-6-9-17(35-2)18(10-14)36-3/h4-10,12,16,19,30,33H,11H2,1-3H3,(H,29,34)/t12-,16-,19-/m0/s1. The molecule has 0 saturated heterocycles. The summed E-state index contributed by atoms with van der Waals surface area (Å²) in [6, 6.07) is 8.39. The van der Waals surface area contributed by atoms with Crippen LogP contribution in [-0.4, -0.2) is 41.2 Å². The van der Waals surface area contributed by atoms with E-state index in [2.05, 4.69) is 15.7 Å². The molecule has 0 spiro atoms. The number of anilines is 2. The number of fused-ring (bicyclic) bond motifs is 1. The quantitative estimate of drug-likeness (QED) is 0.393. The third-order valence-corrected chi connectivity index (χ3v) is 6.33. The number of methoxy groups -OCH3 is 2. The van der Waals surface area contributed by atoms with E-state index in [1.165, 1.54) is 14.2 Å².